The fourth-order valence-corrected chi connectivity index (χ4v) is 3.94. The van der Waals surface area contributed by atoms with Crippen LogP contribution in [-0.2, 0) is 19.1 Å². The molecule has 6 nitrogen and oxygen atoms in total. The zero-order valence-corrected chi connectivity index (χ0v) is 31.1. The molecule has 0 aromatic heterocycles. The van der Waals surface area contributed by atoms with Gasteiger partial charge < -0.3 is 16.2 Å². The number of rotatable bonds is 11. The Morgan fingerprint density at radius 2 is 1.79 bits per heavy atom. The zero-order chi connectivity index (χ0) is 37.1. The number of carbonyl (C=O) groups is 3. The highest BCUT2D eigenvalue weighted by molar-refractivity contribution is 5.96. The Hall–Kier alpha value is -4.47. The van der Waals surface area contributed by atoms with Crippen LogP contribution in [0.4, 0.5) is 0 Å². The highest BCUT2D eigenvalue weighted by atomic mass is 16.5. The van der Waals surface area contributed by atoms with Gasteiger partial charge in [-0.05, 0) is 108 Å². The highest BCUT2D eigenvalue weighted by Crippen LogP contribution is 2.21. The van der Waals surface area contributed by atoms with Crippen molar-refractivity contribution >= 4 is 17.5 Å². The molecule has 4 N–H and O–H groups in total. The minimum Gasteiger partial charge on any atom is -0.404 e. The monoisotopic (exact) mass is 656 g/mol. The lowest BCUT2D eigenvalue weighted by molar-refractivity contribution is -0.115. The van der Waals surface area contributed by atoms with Gasteiger partial charge in [0, 0.05) is 36.4 Å². The number of primary amides is 1. The summed E-state index contributed by atoms with van der Waals surface area (Å²) in [6, 6.07) is 7.93. The van der Waals surface area contributed by atoms with Gasteiger partial charge in [0.25, 0.3) is 0 Å². The number of hydrogen-bond donors (Lipinski definition) is 2. The van der Waals surface area contributed by atoms with Crippen molar-refractivity contribution in [1.29, 1.82) is 0 Å². The number of ketones is 2. The van der Waals surface area contributed by atoms with Crippen molar-refractivity contribution in [2.75, 3.05) is 7.11 Å². The molecular weight excluding hydrogens is 596 g/mol. The van der Waals surface area contributed by atoms with Crippen LogP contribution in [0.2, 0.25) is 0 Å². The van der Waals surface area contributed by atoms with Crippen molar-refractivity contribution in [2.45, 2.75) is 101 Å². The first-order valence-corrected chi connectivity index (χ1v) is 16.6. The van der Waals surface area contributed by atoms with Crippen LogP contribution < -0.4 is 11.5 Å². The van der Waals surface area contributed by atoms with Gasteiger partial charge in [0.15, 0.2) is 11.6 Å². The minimum absolute atomic E-state index is 0.0877. The van der Waals surface area contributed by atoms with E-state index >= 15 is 0 Å². The van der Waals surface area contributed by atoms with Crippen LogP contribution in [0.3, 0.4) is 0 Å². The van der Waals surface area contributed by atoms with Crippen molar-refractivity contribution in [3.8, 4) is 11.8 Å². The molecule has 1 aromatic carbocycles. The molecule has 2 atom stereocenters. The molecule has 0 aliphatic heterocycles. The quantitative estimate of drug-likeness (QED) is 0.140. The molecule has 1 aromatic rings. The van der Waals surface area contributed by atoms with Gasteiger partial charge in [-0.15, -0.1) is 0 Å². The van der Waals surface area contributed by atoms with Crippen LogP contribution in [0.15, 0.2) is 107 Å². The van der Waals surface area contributed by atoms with Crippen LogP contribution in [0, 0.1) is 24.7 Å². The first-order chi connectivity index (χ1) is 22.7. The molecule has 262 valence electrons. The largest absolute Gasteiger partial charge is 0.404 e. The lowest BCUT2D eigenvalue weighted by atomic mass is 9.91. The number of amides is 1. The van der Waals surface area contributed by atoms with Gasteiger partial charge in [0.2, 0.25) is 5.91 Å². The van der Waals surface area contributed by atoms with Crippen molar-refractivity contribution < 1.29 is 19.1 Å². The first kappa shape index (κ1) is 45.7. The Labute approximate surface area is 291 Å². The van der Waals surface area contributed by atoms with Crippen molar-refractivity contribution in [3.05, 3.63) is 119 Å². The van der Waals surface area contributed by atoms with Gasteiger partial charge in [-0.2, -0.15) is 0 Å². The highest BCUT2D eigenvalue weighted by Gasteiger charge is 2.11. The number of allylic oxidation sites excluding steroid dienone is 9. The summed E-state index contributed by atoms with van der Waals surface area (Å²) in [6.07, 6.45) is 18.6. The standard InChI is InChI=1S/C16H18N2O.C13H16O2.C10H18O.C3H8/c1-3-13(10-15(11-17)16(18)19)7-8-14-6-4-5-12(2)9-14;1-3-13(15)9-6-11-4-7-12(8-5-11)10(2)14;1-6-7-8(2)9(3)10(4)11-5;1-3-2/h4-6,9-11H,3,17H2,1-2H3,(H2,18,19);3-4,7-8,11H,1,5-6,9H2,2H3;6-7,10H,1-5H3;3H2,1-2H3/b13-10+,15-11+;;7-6-,9-8+;. The smallest absolute Gasteiger partial charge is 0.250 e. The third kappa shape index (κ3) is 21.3. The lowest BCUT2D eigenvalue weighted by Crippen LogP contribution is -2.14. The molecule has 0 saturated carbocycles. The molecule has 2 rings (SSSR count). The van der Waals surface area contributed by atoms with E-state index in [1.54, 1.807) is 20.1 Å². The first-order valence-electron chi connectivity index (χ1n) is 16.6. The molecule has 0 radical (unpaired) electrons. The summed E-state index contributed by atoms with van der Waals surface area (Å²) in [6.45, 7) is 21.5. The van der Waals surface area contributed by atoms with Crippen molar-refractivity contribution in [2.24, 2.45) is 17.4 Å². The summed E-state index contributed by atoms with van der Waals surface area (Å²) < 4.78 is 5.19. The Kier molecular flexibility index (Phi) is 26.3. The number of ether oxygens (including phenoxy) is 1. The Morgan fingerprint density at radius 1 is 1.15 bits per heavy atom. The van der Waals surface area contributed by atoms with E-state index in [4.69, 9.17) is 16.2 Å². The third-order valence-electron chi connectivity index (χ3n) is 7.15. The molecule has 1 amide bonds. The fourth-order valence-electron chi connectivity index (χ4n) is 3.94. The van der Waals surface area contributed by atoms with Gasteiger partial charge in [-0.3, -0.25) is 14.4 Å². The summed E-state index contributed by atoms with van der Waals surface area (Å²) in [5.74, 6) is 6.13. The van der Waals surface area contributed by atoms with E-state index < -0.39 is 5.91 Å². The summed E-state index contributed by atoms with van der Waals surface area (Å²) in [5, 5.41) is 0. The number of carbonyl (C=O) groups excluding carboxylic acids is 3. The van der Waals surface area contributed by atoms with E-state index in [9.17, 15) is 14.4 Å². The van der Waals surface area contributed by atoms with Crippen LogP contribution in [0.25, 0.3) is 0 Å². The SMILES string of the molecule is C/C=C\C(C)=C(/C)C(C)OC.C=CC(=O)CCC1C=CC(C(C)=O)=CC1.CC/C(C#Cc1cccc(C)c1)=C\C(=C/N)C(N)=O.CCC. The van der Waals surface area contributed by atoms with Crippen LogP contribution in [0.1, 0.15) is 98.6 Å². The molecule has 0 spiro atoms. The maximum Gasteiger partial charge on any atom is 0.250 e. The molecule has 0 bridgehead atoms. The Balaban J connectivity index is 0. The Bertz CT molecular complexity index is 1420. The van der Waals surface area contributed by atoms with Gasteiger partial charge in [-0.1, -0.05) is 88.1 Å². The predicted octanol–water partition coefficient (Wildman–Crippen LogP) is 8.97. The van der Waals surface area contributed by atoms with E-state index in [0.29, 0.717) is 18.8 Å². The van der Waals surface area contributed by atoms with E-state index in [2.05, 4.69) is 59.1 Å². The molecule has 1 aliphatic rings. The van der Waals surface area contributed by atoms with Crippen molar-refractivity contribution in [3.63, 3.8) is 0 Å². The number of Topliss-reactive ketones (excluding diaryl/α,β-unsaturated/α-hetero) is 1. The molecule has 1 aliphatic carbocycles. The summed E-state index contributed by atoms with van der Waals surface area (Å²) in [4.78, 5) is 33.1. The maximum atomic E-state index is 11.1. The van der Waals surface area contributed by atoms with E-state index in [1.807, 2.05) is 69.3 Å². The number of nitrogens with two attached hydrogens (primary N) is 2. The minimum atomic E-state index is -0.550. The predicted molar refractivity (Wildman–Crippen MR) is 204 cm³/mol. The third-order valence-corrected chi connectivity index (χ3v) is 7.15. The molecular formula is C42H60N2O4. The van der Waals surface area contributed by atoms with E-state index in [1.165, 1.54) is 29.8 Å². The van der Waals surface area contributed by atoms with E-state index in [-0.39, 0.29) is 23.2 Å². The second-order valence-electron chi connectivity index (χ2n) is 11.4. The number of aryl methyl sites for hydroxylation is 1. The molecule has 48 heavy (non-hydrogen) atoms. The van der Waals surface area contributed by atoms with Gasteiger partial charge in [0.05, 0.1) is 11.7 Å². The summed E-state index contributed by atoms with van der Waals surface area (Å²) >= 11 is 0. The van der Waals surface area contributed by atoms with E-state index in [0.717, 1.165) is 35.1 Å². The van der Waals surface area contributed by atoms with Crippen LogP contribution in [-0.4, -0.2) is 30.7 Å². The number of benzene rings is 1. The number of hydrogen-bond acceptors (Lipinski definition) is 5. The average molecular weight is 657 g/mol. The molecule has 0 saturated heterocycles. The van der Waals surface area contributed by atoms with Crippen LogP contribution in [0.5, 0.6) is 0 Å². The normalized spacial score (nSPS) is 15.0. The van der Waals surface area contributed by atoms with Gasteiger partial charge in [0.1, 0.15) is 0 Å². The number of methoxy groups -OCH3 is 1. The molecule has 0 fully saturated rings. The molecule has 6 heteroatoms. The molecule has 0 heterocycles. The van der Waals surface area contributed by atoms with Gasteiger partial charge in [-0.25, -0.2) is 0 Å². The maximum absolute atomic E-state index is 11.1. The topological polar surface area (TPSA) is 112 Å². The van der Waals surface area contributed by atoms with Gasteiger partial charge >= 0.3 is 0 Å². The lowest BCUT2D eigenvalue weighted by Gasteiger charge is -2.13. The second-order valence-corrected chi connectivity index (χ2v) is 11.4. The Morgan fingerprint density at radius 3 is 2.23 bits per heavy atom. The zero-order valence-electron chi connectivity index (χ0n) is 31.1. The fraction of sp³-hybridized carbons (Fsp3) is 0.405. The second kappa shape index (κ2) is 27.6. The average Bonchev–Trinajstić information content (AvgIpc) is 3.07. The van der Waals surface area contributed by atoms with Crippen molar-refractivity contribution in [1.82, 2.24) is 0 Å². The summed E-state index contributed by atoms with van der Waals surface area (Å²) in [5.41, 5.74) is 17.1. The molecule has 2 unspecified atom stereocenters. The summed E-state index contributed by atoms with van der Waals surface area (Å²) in [7, 11) is 1.73. The van der Waals surface area contributed by atoms with Crippen LogP contribution >= 0.6 is 0 Å².